The summed E-state index contributed by atoms with van der Waals surface area (Å²) in [7, 11) is 0. The number of halogens is 1. The third kappa shape index (κ3) is 4.73. The zero-order valence-corrected chi connectivity index (χ0v) is 16.4. The molecule has 0 spiro atoms. The number of aryl methyl sites for hydroxylation is 1. The van der Waals surface area contributed by atoms with Crippen LogP contribution in [-0.4, -0.2) is 62.8 Å². The molecule has 8 heteroatoms. The quantitative estimate of drug-likeness (QED) is 0.749. The number of carbonyl (C=O) groups is 2. The van der Waals surface area contributed by atoms with Crippen LogP contribution in [0.1, 0.15) is 12.5 Å². The van der Waals surface area contributed by atoms with E-state index in [1.165, 1.54) is 5.56 Å². The van der Waals surface area contributed by atoms with Crippen molar-refractivity contribution in [1.82, 2.24) is 15.5 Å². The Morgan fingerprint density at radius 1 is 1.26 bits per heavy atom. The molecule has 1 saturated heterocycles. The highest BCUT2D eigenvalue weighted by atomic mass is 35.5. The van der Waals surface area contributed by atoms with Crippen molar-refractivity contribution in [3.63, 3.8) is 0 Å². The summed E-state index contributed by atoms with van der Waals surface area (Å²) in [6.45, 7) is 8.24. The lowest BCUT2D eigenvalue weighted by molar-refractivity contribution is -0.138. The Morgan fingerprint density at radius 2 is 2.00 bits per heavy atom. The summed E-state index contributed by atoms with van der Waals surface area (Å²) >= 11 is 6.15. The van der Waals surface area contributed by atoms with Gasteiger partial charge in [0.2, 0.25) is 0 Å². The van der Waals surface area contributed by atoms with E-state index in [1.54, 1.807) is 6.92 Å². The van der Waals surface area contributed by atoms with Crippen LogP contribution in [0.15, 0.2) is 29.5 Å². The molecule has 3 rings (SSSR count). The summed E-state index contributed by atoms with van der Waals surface area (Å²) < 4.78 is 5.11. The first-order valence-electron chi connectivity index (χ1n) is 9.15. The molecule has 1 aromatic rings. The molecule has 27 heavy (non-hydrogen) atoms. The van der Waals surface area contributed by atoms with Gasteiger partial charge in [0.25, 0.3) is 0 Å². The number of carbonyl (C=O) groups excluding carboxylic acids is 2. The van der Waals surface area contributed by atoms with Crippen LogP contribution < -0.4 is 15.5 Å². The number of hydrogen-bond acceptors (Lipinski definition) is 5. The maximum Gasteiger partial charge on any atom is 0.337 e. The van der Waals surface area contributed by atoms with Gasteiger partial charge < -0.3 is 20.3 Å². The Morgan fingerprint density at radius 3 is 2.70 bits per heavy atom. The van der Waals surface area contributed by atoms with Gasteiger partial charge in [0, 0.05) is 49.1 Å². The Labute approximate surface area is 164 Å². The van der Waals surface area contributed by atoms with Crippen molar-refractivity contribution in [3.8, 4) is 0 Å². The van der Waals surface area contributed by atoms with E-state index in [-0.39, 0.29) is 18.5 Å². The highest BCUT2D eigenvalue weighted by Crippen LogP contribution is 2.25. The fourth-order valence-electron chi connectivity index (χ4n) is 3.37. The van der Waals surface area contributed by atoms with Crippen LogP contribution in [0.2, 0.25) is 5.02 Å². The Kier molecular flexibility index (Phi) is 6.23. The molecule has 2 aliphatic rings. The zero-order chi connectivity index (χ0) is 19.4. The van der Waals surface area contributed by atoms with Gasteiger partial charge in [0.15, 0.2) is 0 Å². The standard InChI is InChI=1S/C19H25ClN4O3/c1-3-27-18(25)15-11-21-19(26)22-16(15)12-23-6-8-24(9-7-23)17-10-14(20)5-4-13(17)2/h4-5,10H,3,6-9,11-12H2,1-2H3,(H2,21,22,26). The highest BCUT2D eigenvalue weighted by Gasteiger charge is 2.26. The largest absolute Gasteiger partial charge is 0.463 e. The molecule has 2 heterocycles. The van der Waals surface area contributed by atoms with E-state index in [1.807, 2.05) is 18.2 Å². The van der Waals surface area contributed by atoms with Crippen LogP contribution in [0, 0.1) is 6.92 Å². The summed E-state index contributed by atoms with van der Waals surface area (Å²) in [6.07, 6.45) is 0. The summed E-state index contributed by atoms with van der Waals surface area (Å²) in [5.74, 6) is -0.381. The minimum absolute atomic E-state index is 0.196. The number of piperazine rings is 1. The van der Waals surface area contributed by atoms with Crippen molar-refractivity contribution in [2.75, 3.05) is 50.8 Å². The molecular formula is C19H25ClN4O3. The molecular weight excluding hydrogens is 368 g/mol. The predicted octanol–water partition coefficient (Wildman–Crippen LogP) is 1.90. The van der Waals surface area contributed by atoms with E-state index in [0.29, 0.717) is 24.4 Å². The molecule has 0 atom stereocenters. The maximum absolute atomic E-state index is 12.2. The van der Waals surface area contributed by atoms with Crippen LogP contribution in [0.5, 0.6) is 0 Å². The number of urea groups is 1. The average molecular weight is 393 g/mol. The van der Waals surface area contributed by atoms with Crippen molar-refractivity contribution in [1.29, 1.82) is 0 Å². The zero-order valence-electron chi connectivity index (χ0n) is 15.7. The van der Waals surface area contributed by atoms with Crippen molar-refractivity contribution in [2.45, 2.75) is 13.8 Å². The van der Waals surface area contributed by atoms with E-state index in [4.69, 9.17) is 16.3 Å². The number of benzene rings is 1. The first-order chi connectivity index (χ1) is 13.0. The Balaban J connectivity index is 1.66. The van der Waals surface area contributed by atoms with Crippen LogP contribution in [0.4, 0.5) is 10.5 Å². The van der Waals surface area contributed by atoms with Gasteiger partial charge in [-0.25, -0.2) is 9.59 Å². The molecule has 2 N–H and O–H groups in total. The number of anilines is 1. The second kappa shape index (κ2) is 8.63. The van der Waals surface area contributed by atoms with Gasteiger partial charge in [-0.2, -0.15) is 0 Å². The van der Waals surface area contributed by atoms with E-state index >= 15 is 0 Å². The number of amides is 2. The van der Waals surface area contributed by atoms with E-state index in [0.717, 1.165) is 36.9 Å². The molecule has 0 radical (unpaired) electrons. The molecule has 1 fully saturated rings. The van der Waals surface area contributed by atoms with Gasteiger partial charge >= 0.3 is 12.0 Å². The predicted molar refractivity (Wildman–Crippen MR) is 105 cm³/mol. The van der Waals surface area contributed by atoms with Crippen molar-refractivity contribution >= 4 is 29.3 Å². The molecule has 0 aromatic heterocycles. The molecule has 1 aromatic carbocycles. The molecule has 0 bridgehead atoms. The molecule has 2 amide bonds. The first kappa shape index (κ1) is 19.5. The van der Waals surface area contributed by atoms with Gasteiger partial charge in [-0.1, -0.05) is 17.7 Å². The number of ether oxygens (including phenoxy) is 1. The smallest absolute Gasteiger partial charge is 0.337 e. The monoisotopic (exact) mass is 392 g/mol. The van der Waals surface area contributed by atoms with Crippen LogP contribution >= 0.6 is 11.6 Å². The molecule has 0 saturated carbocycles. The normalized spacial score (nSPS) is 18.2. The van der Waals surface area contributed by atoms with Crippen LogP contribution in [0.3, 0.4) is 0 Å². The lowest BCUT2D eigenvalue weighted by Crippen LogP contribution is -2.51. The van der Waals surface area contributed by atoms with Gasteiger partial charge in [-0.15, -0.1) is 0 Å². The summed E-state index contributed by atoms with van der Waals surface area (Å²) in [4.78, 5) is 28.4. The first-order valence-corrected chi connectivity index (χ1v) is 9.53. The Hall–Kier alpha value is -2.25. The van der Waals surface area contributed by atoms with E-state index < -0.39 is 0 Å². The minimum Gasteiger partial charge on any atom is -0.463 e. The SMILES string of the molecule is CCOC(=O)C1=C(CN2CCN(c3cc(Cl)ccc3C)CC2)NC(=O)NC1. The molecule has 0 aliphatic carbocycles. The fraction of sp³-hybridized carbons (Fsp3) is 0.474. The second-order valence-corrected chi connectivity index (χ2v) is 7.12. The van der Waals surface area contributed by atoms with Crippen LogP contribution in [0.25, 0.3) is 0 Å². The lowest BCUT2D eigenvalue weighted by Gasteiger charge is -2.37. The molecule has 146 valence electrons. The summed E-state index contributed by atoms with van der Waals surface area (Å²) in [5.41, 5.74) is 3.48. The number of esters is 1. The number of nitrogens with one attached hydrogen (secondary N) is 2. The van der Waals surface area contributed by atoms with Crippen molar-refractivity contribution in [3.05, 3.63) is 40.1 Å². The lowest BCUT2D eigenvalue weighted by atomic mass is 10.1. The van der Waals surface area contributed by atoms with Crippen molar-refractivity contribution in [2.24, 2.45) is 0 Å². The molecule has 2 aliphatic heterocycles. The third-order valence-corrected chi connectivity index (χ3v) is 5.08. The topological polar surface area (TPSA) is 73.9 Å². The van der Waals surface area contributed by atoms with Gasteiger partial charge in [-0.05, 0) is 31.5 Å². The van der Waals surface area contributed by atoms with Crippen molar-refractivity contribution < 1.29 is 14.3 Å². The summed E-state index contributed by atoms with van der Waals surface area (Å²) in [6, 6.07) is 5.65. The maximum atomic E-state index is 12.2. The van der Waals surface area contributed by atoms with Gasteiger partial charge in [0.1, 0.15) is 0 Å². The number of hydrogen-bond donors (Lipinski definition) is 2. The highest BCUT2D eigenvalue weighted by molar-refractivity contribution is 6.30. The van der Waals surface area contributed by atoms with Gasteiger partial charge in [0.05, 0.1) is 18.7 Å². The second-order valence-electron chi connectivity index (χ2n) is 6.68. The minimum atomic E-state index is -0.381. The van der Waals surface area contributed by atoms with E-state index in [2.05, 4.69) is 27.4 Å². The third-order valence-electron chi connectivity index (χ3n) is 4.84. The van der Waals surface area contributed by atoms with E-state index in [9.17, 15) is 9.59 Å². The van der Waals surface area contributed by atoms with Gasteiger partial charge in [-0.3, -0.25) is 4.90 Å². The number of nitrogens with zero attached hydrogens (tertiary/aromatic N) is 2. The average Bonchev–Trinajstić information content (AvgIpc) is 2.65. The Bertz CT molecular complexity index is 757. The molecule has 7 nitrogen and oxygen atoms in total. The molecule has 0 unspecified atom stereocenters. The number of rotatable bonds is 5. The summed E-state index contributed by atoms with van der Waals surface area (Å²) in [5, 5.41) is 6.14. The fourth-order valence-corrected chi connectivity index (χ4v) is 3.54. The van der Waals surface area contributed by atoms with Crippen LogP contribution in [-0.2, 0) is 9.53 Å².